The van der Waals surface area contributed by atoms with E-state index in [1.807, 2.05) is 7.05 Å². The molecule has 1 unspecified atom stereocenters. The van der Waals surface area contributed by atoms with Crippen molar-refractivity contribution in [1.29, 1.82) is 0 Å². The van der Waals surface area contributed by atoms with Crippen LogP contribution in [-0.2, 0) is 15.9 Å². The Labute approximate surface area is 170 Å². The zero-order valence-corrected chi connectivity index (χ0v) is 17.8. The molecule has 5 heteroatoms. The van der Waals surface area contributed by atoms with Gasteiger partial charge in [-0.1, -0.05) is 44.2 Å². The van der Waals surface area contributed by atoms with E-state index >= 15 is 0 Å². The van der Waals surface area contributed by atoms with Crippen LogP contribution in [0, 0.1) is 5.41 Å². The Bertz CT molecular complexity index is 604. The molecule has 1 N–H and O–H groups in total. The Kier molecular flexibility index (Phi) is 7.74. The molecule has 2 saturated heterocycles. The summed E-state index contributed by atoms with van der Waals surface area (Å²) in [4.78, 5) is 6.89. The van der Waals surface area contributed by atoms with Crippen molar-refractivity contribution in [3.63, 3.8) is 0 Å². The Hall–Kier alpha value is -1.59. The molecule has 0 radical (unpaired) electrons. The second-order valence-electron chi connectivity index (χ2n) is 8.88. The number of nitrogens with zero attached hydrogens (tertiary/aromatic N) is 2. The van der Waals surface area contributed by atoms with Crippen LogP contribution in [0.25, 0.3) is 0 Å². The van der Waals surface area contributed by atoms with Gasteiger partial charge in [-0.15, -0.1) is 0 Å². The highest BCUT2D eigenvalue weighted by molar-refractivity contribution is 5.80. The van der Waals surface area contributed by atoms with Gasteiger partial charge in [0.1, 0.15) is 0 Å². The Morgan fingerprint density at radius 1 is 1.21 bits per heavy atom. The standard InChI is InChI=1S/C23H37N3O2/c1-23(2,16-19-8-5-4-6-9-19)18-25-22(24-3)26-13-11-20(12-14-26)28-17-21-10-7-15-27-21/h4-6,8-9,20-21H,7,10-18H2,1-3H3,(H,24,25). The van der Waals surface area contributed by atoms with Gasteiger partial charge in [0.25, 0.3) is 0 Å². The molecule has 5 nitrogen and oxygen atoms in total. The Morgan fingerprint density at radius 2 is 1.96 bits per heavy atom. The zero-order valence-electron chi connectivity index (χ0n) is 17.8. The van der Waals surface area contributed by atoms with Crippen molar-refractivity contribution in [3.05, 3.63) is 35.9 Å². The first-order chi connectivity index (χ1) is 13.6. The van der Waals surface area contributed by atoms with E-state index in [9.17, 15) is 0 Å². The van der Waals surface area contributed by atoms with Gasteiger partial charge in [0, 0.05) is 33.3 Å². The van der Waals surface area contributed by atoms with Gasteiger partial charge in [0.05, 0.1) is 18.8 Å². The van der Waals surface area contributed by atoms with Crippen LogP contribution >= 0.6 is 0 Å². The van der Waals surface area contributed by atoms with E-state index in [1.54, 1.807) is 0 Å². The predicted molar refractivity (Wildman–Crippen MR) is 115 cm³/mol. The van der Waals surface area contributed by atoms with Gasteiger partial charge in [-0.2, -0.15) is 0 Å². The summed E-state index contributed by atoms with van der Waals surface area (Å²) in [6.07, 6.45) is 6.16. The number of piperidine rings is 1. The molecule has 0 spiro atoms. The van der Waals surface area contributed by atoms with Crippen molar-refractivity contribution in [2.75, 3.05) is 39.9 Å². The number of ether oxygens (including phenoxy) is 2. The molecule has 1 aromatic carbocycles. The first-order valence-corrected chi connectivity index (χ1v) is 10.8. The van der Waals surface area contributed by atoms with Crippen molar-refractivity contribution in [1.82, 2.24) is 10.2 Å². The van der Waals surface area contributed by atoms with Crippen molar-refractivity contribution in [3.8, 4) is 0 Å². The Balaban J connectivity index is 1.40. The van der Waals surface area contributed by atoms with Crippen molar-refractivity contribution in [2.45, 2.75) is 58.2 Å². The molecule has 2 fully saturated rings. The van der Waals surface area contributed by atoms with E-state index in [4.69, 9.17) is 9.47 Å². The molecule has 0 aliphatic carbocycles. The van der Waals surface area contributed by atoms with E-state index in [0.717, 1.165) is 64.5 Å². The van der Waals surface area contributed by atoms with Gasteiger partial charge in [0.15, 0.2) is 5.96 Å². The molecule has 156 valence electrons. The highest BCUT2D eigenvalue weighted by atomic mass is 16.5. The largest absolute Gasteiger partial charge is 0.376 e. The van der Waals surface area contributed by atoms with E-state index in [1.165, 1.54) is 12.0 Å². The molecular formula is C23H37N3O2. The lowest BCUT2D eigenvalue weighted by Crippen LogP contribution is -2.49. The van der Waals surface area contributed by atoms with Gasteiger partial charge in [-0.05, 0) is 43.1 Å². The molecule has 2 aliphatic rings. The number of rotatable bonds is 7. The quantitative estimate of drug-likeness (QED) is 0.575. The summed E-state index contributed by atoms with van der Waals surface area (Å²) >= 11 is 0. The van der Waals surface area contributed by atoms with E-state index in [2.05, 4.69) is 59.4 Å². The third-order valence-corrected chi connectivity index (χ3v) is 5.75. The van der Waals surface area contributed by atoms with Gasteiger partial charge in [-0.3, -0.25) is 4.99 Å². The highest BCUT2D eigenvalue weighted by Gasteiger charge is 2.25. The highest BCUT2D eigenvalue weighted by Crippen LogP contribution is 2.22. The topological polar surface area (TPSA) is 46.1 Å². The van der Waals surface area contributed by atoms with Crippen molar-refractivity contribution >= 4 is 5.96 Å². The summed E-state index contributed by atoms with van der Waals surface area (Å²) in [5, 5.41) is 3.61. The lowest BCUT2D eigenvalue weighted by molar-refractivity contribution is -0.0367. The molecule has 0 amide bonds. The minimum absolute atomic E-state index is 0.167. The summed E-state index contributed by atoms with van der Waals surface area (Å²) in [6, 6.07) is 10.7. The smallest absolute Gasteiger partial charge is 0.193 e. The fourth-order valence-corrected chi connectivity index (χ4v) is 4.12. The molecule has 2 heterocycles. The lowest BCUT2D eigenvalue weighted by Gasteiger charge is -2.36. The van der Waals surface area contributed by atoms with Crippen molar-refractivity contribution < 1.29 is 9.47 Å². The van der Waals surface area contributed by atoms with Crippen LogP contribution in [0.3, 0.4) is 0 Å². The fraction of sp³-hybridized carbons (Fsp3) is 0.696. The summed E-state index contributed by atoms with van der Waals surface area (Å²) < 4.78 is 11.8. The number of guanidine groups is 1. The molecule has 2 aliphatic heterocycles. The molecule has 3 rings (SSSR count). The molecule has 28 heavy (non-hydrogen) atoms. The summed E-state index contributed by atoms with van der Waals surface area (Å²) in [5.41, 5.74) is 1.55. The SMILES string of the molecule is CN=C(NCC(C)(C)Cc1ccccc1)N1CCC(OCC2CCCO2)CC1. The maximum atomic E-state index is 6.10. The zero-order chi connectivity index (χ0) is 19.8. The van der Waals surface area contributed by atoms with E-state index in [0.29, 0.717) is 12.2 Å². The molecule has 1 atom stereocenters. The van der Waals surface area contributed by atoms with Gasteiger partial charge >= 0.3 is 0 Å². The lowest BCUT2D eigenvalue weighted by atomic mass is 9.86. The minimum atomic E-state index is 0.167. The molecule has 0 saturated carbocycles. The maximum Gasteiger partial charge on any atom is 0.193 e. The van der Waals surface area contributed by atoms with E-state index in [-0.39, 0.29) is 5.41 Å². The van der Waals surface area contributed by atoms with Crippen LogP contribution in [0.1, 0.15) is 45.1 Å². The van der Waals surface area contributed by atoms with Crippen LogP contribution in [-0.4, -0.2) is 63.0 Å². The first-order valence-electron chi connectivity index (χ1n) is 10.8. The number of hydrogen-bond acceptors (Lipinski definition) is 3. The number of hydrogen-bond donors (Lipinski definition) is 1. The average molecular weight is 388 g/mol. The number of likely N-dealkylation sites (tertiary alicyclic amines) is 1. The first kappa shape index (κ1) is 21.1. The number of benzene rings is 1. The summed E-state index contributed by atoms with van der Waals surface area (Å²) in [6.45, 7) is 9.17. The van der Waals surface area contributed by atoms with Crippen LogP contribution in [0.5, 0.6) is 0 Å². The summed E-state index contributed by atoms with van der Waals surface area (Å²) in [7, 11) is 1.88. The average Bonchev–Trinajstić information content (AvgIpc) is 3.22. The maximum absolute atomic E-state index is 6.10. The molecule has 0 aromatic heterocycles. The molecule has 1 aromatic rings. The van der Waals surface area contributed by atoms with Crippen LogP contribution in [0.15, 0.2) is 35.3 Å². The molecular weight excluding hydrogens is 350 g/mol. The van der Waals surface area contributed by atoms with Gasteiger partial charge < -0.3 is 19.7 Å². The van der Waals surface area contributed by atoms with Gasteiger partial charge in [0.2, 0.25) is 0 Å². The second kappa shape index (κ2) is 10.3. The fourth-order valence-electron chi connectivity index (χ4n) is 4.12. The molecule has 0 bridgehead atoms. The van der Waals surface area contributed by atoms with Crippen LogP contribution in [0.2, 0.25) is 0 Å². The Morgan fingerprint density at radius 3 is 2.61 bits per heavy atom. The van der Waals surface area contributed by atoms with Gasteiger partial charge in [-0.25, -0.2) is 0 Å². The third kappa shape index (κ3) is 6.49. The number of aliphatic imine (C=N–C) groups is 1. The monoisotopic (exact) mass is 387 g/mol. The summed E-state index contributed by atoms with van der Waals surface area (Å²) in [5.74, 6) is 1.01. The number of nitrogens with one attached hydrogen (secondary N) is 1. The predicted octanol–water partition coefficient (Wildman–Crippen LogP) is 3.49. The van der Waals surface area contributed by atoms with Crippen molar-refractivity contribution in [2.24, 2.45) is 10.4 Å². The normalized spacial score (nSPS) is 21.9. The van der Waals surface area contributed by atoms with Crippen LogP contribution < -0.4 is 5.32 Å². The van der Waals surface area contributed by atoms with E-state index < -0.39 is 0 Å². The van der Waals surface area contributed by atoms with Crippen LogP contribution in [0.4, 0.5) is 0 Å². The minimum Gasteiger partial charge on any atom is -0.376 e. The third-order valence-electron chi connectivity index (χ3n) is 5.75. The second-order valence-corrected chi connectivity index (χ2v) is 8.88.